The molecular weight excluding hydrogens is 408 g/mol. The van der Waals surface area contributed by atoms with Gasteiger partial charge in [-0.25, -0.2) is 4.98 Å². The topological polar surface area (TPSA) is 63.4 Å². The lowest BCUT2D eigenvalue weighted by molar-refractivity contribution is 0.0949. The minimum Gasteiger partial charge on any atom is -0.455 e. The zero-order chi connectivity index (χ0) is 21.4. The van der Waals surface area contributed by atoms with Crippen LogP contribution in [0.3, 0.4) is 0 Å². The fourth-order valence-electron chi connectivity index (χ4n) is 4.12. The summed E-state index contributed by atoms with van der Waals surface area (Å²) in [6, 6.07) is 17.9. The quantitative estimate of drug-likeness (QED) is 0.413. The summed E-state index contributed by atoms with van der Waals surface area (Å²) in [4.78, 5) is 32.5. The van der Waals surface area contributed by atoms with E-state index in [0.717, 1.165) is 22.2 Å². The number of carbonyl (C=O) groups excluding carboxylic acids is 2. The van der Waals surface area contributed by atoms with Crippen molar-refractivity contribution in [2.45, 2.75) is 32.6 Å². The summed E-state index contributed by atoms with van der Waals surface area (Å²) >= 11 is 1.49. The van der Waals surface area contributed by atoms with E-state index in [1.54, 1.807) is 4.90 Å². The van der Waals surface area contributed by atoms with Gasteiger partial charge in [-0.05, 0) is 37.5 Å². The number of aryl methyl sites for hydroxylation is 1. The van der Waals surface area contributed by atoms with Gasteiger partial charge in [0.2, 0.25) is 0 Å². The molecule has 2 heterocycles. The molecule has 156 valence electrons. The van der Waals surface area contributed by atoms with Crippen LogP contribution in [0.1, 0.15) is 50.6 Å². The van der Waals surface area contributed by atoms with E-state index in [1.165, 1.54) is 11.3 Å². The van der Waals surface area contributed by atoms with Gasteiger partial charge in [-0.15, -0.1) is 0 Å². The minimum atomic E-state index is -0.241. The van der Waals surface area contributed by atoms with E-state index >= 15 is 0 Å². The lowest BCUT2D eigenvalue weighted by Gasteiger charge is -2.19. The maximum Gasteiger partial charge on any atom is 0.296 e. The molecule has 2 aromatic carbocycles. The van der Waals surface area contributed by atoms with E-state index in [0.29, 0.717) is 47.8 Å². The number of hydrogen-bond donors (Lipinski definition) is 0. The van der Waals surface area contributed by atoms with Gasteiger partial charge in [-0.1, -0.05) is 53.8 Å². The molecule has 0 spiro atoms. The highest BCUT2D eigenvalue weighted by atomic mass is 32.1. The minimum absolute atomic E-state index is 0.0670. The highest BCUT2D eigenvalue weighted by Crippen LogP contribution is 2.33. The van der Waals surface area contributed by atoms with Gasteiger partial charge >= 0.3 is 0 Å². The van der Waals surface area contributed by atoms with Crippen molar-refractivity contribution in [3.63, 3.8) is 0 Å². The number of benzene rings is 2. The number of para-hydroxylation sites is 1. The van der Waals surface area contributed by atoms with Crippen molar-refractivity contribution >= 4 is 38.4 Å². The smallest absolute Gasteiger partial charge is 0.296 e. The number of ketones is 1. The predicted molar refractivity (Wildman–Crippen MR) is 122 cm³/mol. The fourth-order valence-corrected chi connectivity index (χ4v) is 5.11. The van der Waals surface area contributed by atoms with E-state index in [9.17, 15) is 9.59 Å². The Labute approximate surface area is 184 Å². The molecule has 1 aliphatic rings. The Morgan fingerprint density at radius 3 is 2.65 bits per heavy atom. The average Bonchev–Trinajstić information content (AvgIpc) is 3.36. The first-order valence-electron chi connectivity index (χ1n) is 10.5. The standard InChI is InChI=1S/C25H22N2O3S/c1-16-22-19(28)11-7-12-20(22)30-23(16)24(29)27(15-14-17-8-3-2-4-9-17)25-26-18-10-5-6-13-21(18)31-25/h2-6,8-10,13H,7,11-12,14-15H2,1H3. The average molecular weight is 431 g/mol. The van der Waals surface area contributed by atoms with E-state index < -0.39 is 0 Å². The summed E-state index contributed by atoms with van der Waals surface area (Å²) in [5.41, 5.74) is 3.26. The molecule has 1 aliphatic carbocycles. The van der Waals surface area contributed by atoms with E-state index in [2.05, 4.69) is 12.1 Å². The third-order valence-corrected chi connectivity index (χ3v) is 6.79. The van der Waals surface area contributed by atoms with Gasteiger partial charge in [0.1, 0.15) is 5.76 Å². The summed E-state index contributed by atoms with van der Waals surface area (Å²) < 4.78 is 6.99. The van der Waals surface area contributed by atoms with Crippen LogP contribution in [0, 0.1) is 6.92 Å². The summed E-state index contributed by atoms with van der Waals surface area (Å²) in [6.45, 7) is 2.29. The molecule has 5 nitrogen and oxygen atoms in total. The van der Waals surface area contributed by atoms with Gasteiger partial charge in [-0.3, -0.25) is 14.5 Å². The number of fused-ring (bicyclic) bond motifs is 2. The molecule has 0 fully saturated rings. The van der Waals surface area contributed by atoms with Crippen molar-refractivity contribution in [3.8, 4) is 0 Å². The Bertz CT molecular complexity index is 1240. The number of carbonyl (C=O) groups is 2. The molecule has 2 aromatic heterocycles. The Morgan fingerprint density at radius 1 is 1.10 bits per heavy atom. The lowest BCUT2D eigenvalue weighted by Crippen LogP contribution is -2.33. The molecule has 5 rings (SSSR count). The third-order valence-electron chi connectivity index (χ3n) is 5.73. The van der Waals surface area contributed by atoms with Crippen LogP contribution in [0.25, 0.3) is 10.2 Å². The van der Waals surface area contributed by atoms with Gasteiger partial charge in [0, 0.05) is 24.9 Å². The normalized spacial score (nSPS) is 13.4. The molecule has 6 heteroatoms. The summed E-state index contributed by atoms with van der Waals surface area (Å²) in [6.07, 6.45) is 2.67. The Balaban J connectivity index is 1.53. The molecule has 1 amide bonds. The molecule has 0 bridgehead atoms. The van der Waals surface area contributed by atoms with E-state index in [-0.39, 0.29) is 17.5 Å². The number of Topliss-reactive ketones (excluding diaryl/α,β-unsaturated/α-hetero) is 1. The molecule has 0 unspecified atom stereocenters. The number of nitrogens with zero attached hydrogens (tertiary/aromatic N) is 2. The van der Waals surface area contributed by atoms with E-state index in [1.807, 2.05) is 49.4 Å². The Kier molecular flexibility index (Phi) is 5.16. The van der Waals surface area contributed by atoms with Crippen molar-refractivity contribution < 1.29 is 14.0 Å². The number of thiazole rings is 1. The first kappa shape index (κ1) is 19.7. The Morgan fingerprint density at radius 2 is 1.87 bits per heavy atom. The molecule has 0 N–H and O–H groups in total. The molecular formula is C25H22N2O3S. The second kappa shape index (κ2) is 8.12. The molecule has 4 aromatic rings. The second-order valence-corrected chi connectivity index (χ2v) is 8.80. The maximum absolute atomic E-state index is 13.7. The monoisotopic (exact) mass is 430 g/mol. The summed E-state index contributed by atoms with van der Waals surface area (Å²) in [5.74, 6) is 0.726. The molecule has 31 heavy (non-hydrogen) atoms. The van der Waals surface area contributed by atoms with Crippen molar-refractivity contribution in [1.82, 2.24) is 4.98 Å². The van der Waals surface area contributed by atoms with Gasteiger partial charge in [0.05, 0.1) is 15.8 Å². The molecule has 0 saturated heterocycles. The first-order chi connectivity index (χ1) is 15.1. The fraction of sp³-hybridized carbons (Fsp3) is 0.240. The van der Waals surface area contributed by atoms with Crippen LogP contribution >= 0.6 is 11.3 Å². The zero-order valence-electron chi connectivity index (χ0n) is 17.3. The first-order valence-corrected chi connectivity index (χ1v) is 11.3. The third kappa shape index (κ3) is 3.68. The highest BCUT2D eigenvalue weighted by Gasteiger charge is 2.32. The SMILES string of the molecule is Cc1c(C(=O)N(CCc2ccccc2)c2nc3ccccc3s2)oc2c1C(=O)CCC2. The predicted octanol–water partition coefficient (Wildman–Crippen LogP) is 5.61. The Hall–Kier alpha value is -3.25. The van der Waals surface area contributed by atoms with Crippen LogP contribution in [0.15, 0.2) is 59.0 Å². The lowest BCUT2D eigenvalue weighted by atomic mass is 9.94. The number of rotatable bonds is 5. The summed E-state index contributed by atoms with van der Waals surface area (Å²) in [7, 11) is 0. The molecule has 0 saturated carbocycles. The second-order valence-electron chi connectivity index (χ2n) is 7.79. The van der Waals surface area contributed by atoms with Crippen LogP contribution in [0.4, 0.5) is 5.13 Å². The van der Waals surface area contributed by atoms with Crippen LogP contribution in [0.5, 0.6) is 0 Å². The number of aromatic nitrogens is 1. The van der Waals surface area contributed by atoms with Crippen molar-refractivity contribution in [1.29, 1.82) is 0 Å². The number of furan rings is 1. The molecule has 0 aliphatic heterocycles. The van der Waals surface area contributed by atoms with Gasteiger partial charge in [-0.2, -0.15) is 0 Å². The van der Waals surface area contributed by atoms with Crippen molar-refractivity contribution in [3.05, 3.63) is 82.8 Å². The maximum atomic E-state index is 13.7. The van der Waals surface area contributed by atoms with Gasteiger partial charge < -0.3 is 4.42 Å². The molecule has 0 radical (unpaired) electrons. The van der Waals surface area contributed by atoms with Crippen molar-refractivity contribution in [2.24, 2.45) is 0 Å². The largest absolute Gasteiger partial charge is 0.455 e. The number of amides is 1. The van der Waals surface area contributed by atoms with Crippen LogP contribution in [-0.4, -0.2) is 23.2 Å². The van der Waals surface area contributed by atoms with E-state index in [4.69, 9.17) is 9.40 Å². The van der Waals surface area contributed by atoms with Gasteiger partial charge in [0.15, 0.2) is 16.7 Å². The van der Waals surface area contributed by atoms with Crippen LogP contribution in [-0.2, 0) is 12.8 Å². The highest BCUT2D eigenvalue weighted by molar-refractivity contribution is 7.22. The summed E-state index contributed by atoms with van der Waals surface area (Å²) in [5, 5.41) is 0.641. The van der Waals surface area contributed by atoms with Crippen LogP contribution < -0.4 is 4.90 Å². The number of anilines is 1. The van der Waals surface area contributed by atoms with Crippen LogP contribution in [0.2, 0.25) is 0 Å². The number of hydrogen-bond acceptors (Lipinski definition) is 5. The van der Waals surface area contributed by atoms with Gasteiger partial charge in [0.25, 0.3) is 5.91 Å². The molecule has 0 atom stereocenters. The van der Waals surface area contributed by atoms with Crippen molar-refractivity contribution in [2.75, 3.05) is 11.4 Å². The zero-order valence-corrected chi connectivity index (χ0v) is 18.1.